The number of Topliss-reactive ketones (excluding diaryl/α,β-unsaturated/α-hetero) is 1. The van der Waals surface area contributed by atoms with Gasteiger partial charge < -0.3 is 0 Å². The standard InChI is InChI=1S/C7H5NO3/c1-5-3-2-4-6(7(5)9)8(10)11/h2-4H,1H2. The summed E-state index contributed by atoms with van der Waals surface area (Å²) in [6.07, 6.45) is 4.04. The van der Waals surface area contributed by atoms with E-state index in [1.807, 2.05) is 0 Å². The third-order valence-corrected chi connectivity index (χ3v) is 1.27. The van der Waals surface area contributed by atoms with Gasteiger partial charge in [-0.25, -0.2) is 0 Å². The lowest BCUT2D eigenvalue weighted by Crippen LogP contribution is -2.13. The van der Waals surface area contributed by atoms with Gasteiger partial charge in [-0.1, -0.05) is 18.7 Å². The molecule has 0 aromatic rings. The molecule has 0 fully saturated rings. The second kappa shape index (κ2) is 2.49. The van der Waals surface area contributed by atoms with Crippen molar-refractivity contribution in [3.63, 3.8) is 0 Å². The Morgan fingerprint density at radius 1 is 1.55 bits per heavy atom. The van der Waals surface area contributed by atoms with Crippen molar-refractivity contribution in [2.45, 2.75) is 0 Å². The molecule has 0 unspecified atom stereocenters. The summed E-state index contributed by atoms with van der Waals surface area (Å²) in [5.41, 5.74) is -0.267. The fourth-order valence-corrected chi connectivity index (χ4v) is 0.715. The number of hydrogen-bond donors (Lipinski definition) is 0. The zero-order valence-electron chi connectivity index (χ0n) is 5.61. The molecule has 0 bridgehead atoms. The van der Waals surface area contributed by atoms with Gasteiger partial charge in [-0.05, 0) is 0 Å². The SMILES string of the molecule is C=C1C=CC=C([N+](=O)[O-])C1=O. The van der Waals surface area contributed by atoms with Crippen molar-refractivity contribution in [2.75, 3.05) is 0 Å². The number of nitro groups is 1. The maximum Gasteiger partial charge on any atom is 0.316 e. The molecule has 0 aliphatic heterocycles. The molecule has 0 aromatic carbocycles. The second-order valence-electron chi connectivity index (χ2n) is 2.02. The predicted octanol–water partition coefficient (Wildman–Crippen LogP) is 0.842. The number of ketones is 1. The predicted molar refractivity (Wildman–Crippen MR) is 38.4 cm³/mol. The van der Waals surface area contributed by atoms with Crippen LogP contribution in [0.1, 0.15) is 0 Å². The summed E-state index contributed by atoms with van der Waals surface area (Å²) < 4.78 is 0. The molecule has 0 aromatic heterocycles. The quantitative estimate of drug-likeness (QED) is 0.317. The number of rotatable bonds is 1. The first-order valence-electron chi connectivity index (χ1n) is 2.89. The van der Waals surface area contributed by atoms with E-state index >= 15 is 0 Å². The van der Waals surface area contributed by atoms with Crippen LogP contribution in [0, 0.1) is 10.1 Å². The van der Waals surface area contributed by atoms with Gasteiger partial charge in [-0.15, -0.1) is 0 Å². The van der Waals surface area contributed by atoms with E-state index in [0.29, 0.717) is 0 Å². The summed E-state index contributed by atoms with van der Waals surface area (Å²) in [5, 5.41) is 10.2. The van der Waals surface area contributed by atoms with Crippen LogP contribution >= 0.6 is 0 Å². The Bertz CT molecular complexity index is 299. The van der Waals surface area contributed by atoms with Crippen molar-refractivity contribution < 1.29 is 9.72 Å². The topological polar surface area (TPSA) is 60.2 Å². The van der Waals surface area contributed by atoms with Gasteiger partial charge in [0.2, 0.25) is 0 Å². The molecule has 11 heavy (non-hydrogen) atoms. The first-order chi connectivity index (χ1) is 5.13. The normalized spacial score (nSPS) is 16.5. The van der Waals surface area contributed by atoms with Gasteiger partial charge >= 0.3 is 5.70 Å². The average Bonchev–Trinajstić information content (AvgIpc) is 1.94. The highest BCUT2D eigenvalue weighted by atomic mass is 16.6. The Labute approximate surface area is 62.7 Å². The van der Waals surface area contributed by atoms with Gasteiger partial charge in [0.25, 0.3) is 5.78 Å². The van der Waals surface area contributed by atoms with E-state index in [1.165, 1.54) is 12.2 Å². The number of carbonyl (C=O) groups is 1. The van der Waals surface area contributed by atoms with Crippen molar-refractivity contribution in [1.82, 2.24) is 0 Å². The zero-order chi connectivity index (χ0) is 8.43. The van der Waals surface area contributed by atoms with E-state index in [4.69, 9.17) is 0 Å². The van der Waals surface area contributed by atoms with E-state index in [1.54, 1.807) is 0 Å². The summed E-state index contributed by atoms with van der Waals surface area (Å²) in [7, 11) is 0. The minimum Gasteiger partial charge on any atom is -0.282 e. The van der Waals surface area contributed by atoms with Crippen LogP contribution in [0.25, 0.3) is 0 Å². The summed E-state index contributed by atoms with van der Waals surface area (Å²) in [6, 6.07) is 0. The molecule has 0 atom stereocenters. The van der Waals surface area contributed by atoms with Gasteiger partial charge in [-0.2, -0.15) is 0 Å². The molecule has 0 N–H and O–H groups in total. The number of allylic oxidation sites excluding steroid dienone is 4. The van der Waals surface area contributed by atoms with Gasteiger partial charge in [0.05, 0.1) is 4.92 Å². The summed E-state index contributed by atoms with van der Waals surface area (Å²) in [4.78, 5) is 20.3. The second-order valence-corrected chi connectivity index (χ2v) is 2.02. The average molecular weight is 151 g/mol. The molecule has 1 rings (SSSR count). The molecule has 0 spiro atoms. The minimum absolute atomic E-state index is 0.152. The lowest BCUT2D eigenvalue weighted by atomic mass is 10.1. The van der Waals surface area contributed by atoms with Crippen LogP contribution in [-0.2, 0) is 4.79 Å². The molecule has 1 aliphatic carbocycles. The molecule has 56 valence electrons. The number of nitrogens with zero attached hydrogens (tertiary/aromatic N) is 1. The molecule has 0 saturated carbocycles. The van der Waals surface area contributed by atoms with Crippen molar-refractivity contribution in [2.24, 2.45) is 0 Å². The third-order valence-electron chi connectivity index (χ3n) is 1.27. The number of carbonyl (C=O) groups excluding carboxylic acids is 1. The molecule has 1 aliphatic rings. The van der Waals surface area contributed by atoms with Crippen LogP contribution < -0.4 is 0 Å². The van der Waals surface area contributed by atoms with E-state index in [0.717, 1.165) is 6.08 Å². The van der Waals surface area contributed by atoms with Crippen LogP contribution in [-0.4, -0.2) is 10.7 Å². The maximum atomic E-state index is 10.9. The monoisotopic (exact) mass is 151 g/mol. The summed E-state index contributed by atoms with van der Waals surface area (Å²) in [6.45, 7) is 3.35. The van der Waals surface area contributed by atoms with E-state index < -0.39 is 16.4 Å². The minimum atomic E-state index is -0.711. The lowest BCUT2D eigenvalue weighted by Gasteiger charge is -1.99. The smallest absolute Gasteiger partial charge is 0.282 e. The van der Waals surface area contributed by atoms with Gasteiger partial charge in [0.1, 0.15) is 0 Å². The maximum absolute atomic E-state index is 10.9. The Morgan fingerprint density at radius 3 is 2.64 bits per heavy atom. The van der Waals surface area contributed by atoms with Crippen LogP contribution in [0.3, 0.4) is 0 Å². The van der Waals surface area contributed by atoms with Crippen molar-refractivity contribution in [3.8, 4) is 0 Å². The first-order valence-corrected chi connectivity index (χ1v) is 2.89. The Balaban J connectivity index is 3.06. The highest BCUT2D eigenvalue weighted by Crippen LogP contribution is 2.11. The molecule has 0 heterocycles. The highest BCUT2D eigenvalue weighted by Gasteiger charge is 2.24. The van der Waals surface area contributed by atoms with Gasteiger partial charge in [0.15, 0.2) is 0 Å². The summed E-state index contributed by atoms with van der Waals surface area (Å²) >= 11 is 0. The Morgan fingerprint density at radius 2 is 2.18 bits per heavy atom. The van der Waals surface area contributed by atoms with Gasteiger partial charge in [0, 0.05) is 11.6 Å². The molecule has 0 amide bonds. The fraction of sp³-hybridized carbons (Fsp3) is 0. The van der Waals surface area contributed by atoms with Crippen LogP contribution in [0.15, 0.2) is 36.1 Å². The fourth-order valence-electron chi connectivity index (χ4n) is 0.715. The van der Waals surface area contributed by atoms with Crippen LogP contribution in [0.5, 0.6) is 0 Å². The van der Waals surface area contributed by atoms with E-state index in [-0.39, 0.29) is 5.57 Å². The molecular formula is C7H5NO3. The van der Waals surface area contributed by atoms with Crippen LogP contribution in [0.4, 0.5) is 0 Å². The van der Waals surface area contributed by atoms with Crippen LogP contribution in [0.2, 0.25) is 0 Å². The lowest BCUT2D eigenvalue weighted by molar-refractivity contribution is -0.418. The summed E-state index contributed by atoms with van der Waals surface area (Å²) in [5.74, 6) is -0.613. The Hall–Kier alpha value is -1.71. The first kappa shape index (κ1) is 7.40. The Kier molecular flexibility index (Phi) is 1.68. The van der Waals surface area contributed by atoms with E-state index in [9.17, 15) is 14.9 Å². The third kappa shape index (κ3) is 1.24. The van der Waals surface area contributed by atoms with Crippen molar-refractivity contribution in [3.05, 3.63) is 46.2 Å². The largest absolute Gasteiger partial charge is 0.316 e. The molecular weight excluding hydrogens is 146 g/mol. The molecule has 4 nitrogen and oxygen atoms in total. The van der Waals surface area contributed by atoms with E-state index in [2.05, 4.69) is 6.58 Å². The highest BCUT2D eigenvalue weighted by molar-refractivity contribution is 6.09. The van der Waals surface area contributed by atoms with Crippen molar-refractivity contribution >= 4 is 5.78 Å². The van der Waals surface area contributed by atoms with Gasteiger partial charge in [-0.3, -0.25) is 14.9 Å². The zero-order valence-corrected chi connectivity index (χ0v) is 5.61. The molecule has 0 radical (unpaired) electrons. The molecule has 0 saturated heterocycles. The van der Waals surface area contributed by atoms with Crippen molar-refractivity contribution in [1.29, 1.82) is 0 Å². The number of hydrogen-bond acceptors (Lipinski definition) is 3. The molecule has 4 heteroatoms.